The van der Waals surface area contributed by atoms with Crippen LogP contribution in [-0.4, -0.2) is 84.5 Å². The third-order valence-electron chi connectivity index (χ3n) is 17.0. The molecule has 0 saturated heterocycles. The molecule has 0 amide bonds. The highest BCUT2D eigenvalue weighted by atomic mass is 35.5. The van der Waals surface area contributed by atoms with Crippen molar-refractivity contribution in [1.29, 1.82) is 0 Å². The minimum absolute atomic E-state index is 0.0179. The Balaban J connectivity index is 1.32. The van der Waals surface area contributed by atoms with Gasteiger partial charge in [0.25, 0.3) is 0 Å². The molecule has 0 bridgehead atoms. The number of ketones is 1. The average molecular weight is 838 g/mol. The number of hydrogen-bond acceptors (Lipinski definition) is 8. The lowest BCUT2D eigenvalue weighted by atomic mass is 9.33. The third kappa shape index (κ3) is 8.32. The number of carboxylic acid groups (broad SMARTS) is 1. The summed E-state index contributed by atoms with van der Waals surface area (Å²) < 4.78 is 12.6. The van der Waals surface area contributed by atoms with E-state index < -0.39 is 28.9 Å². The molecule has 4 fully saturated rings. The number of allylic oxidation sites excluding steroid dienone is 1. The molecule has 6 rings (SSSR count). The number of fused-ring (bicyclic) bond motifs is 7. The summed E-state index contributed by atoms with van der Waals surface area (Å²) in [5, 5.41) is 10.3. The number of esters is 2. The highest BCUT2D eigenvalue weighted by molar-refractivity contribution is 6.30. The fourth-order valence-electron chi connectivity index (χ4n) is 13.7. The average Bonchev–Trinajstić information content (AvgIpc) is 3.44. The maximum atomic E-state index is 14.5. The van der Waals surface area contributed by atoms with Gasteiger partial charge in [0.1, 0.15) is 12.2 Å². The van der Waals surface area contributed by atoms with Crippen LogP contribution in [0.2, 0.25) is 5.02 Å². The Morgan fingerprint density at radius 2 is 1.69 bits per heavy atom. The van der Waals surface area contributed by atoms with E-state index in [0.29, 0.717) is 36.4 Å². The topological polar surface area (TPSA) is 113 Å². The van der Waals surface area contributed by atoms with Gasteiger partial charge in [-0.05, 0) is 154 Å². The number of ether oxygens (including phenoxy) is 2. The quantitative estimate of drug-likeness (QED) is 0.183. The second kappa shape index (κ2) is 16.8. The fourth-order valence-corrected chi connectivity index (χ4v) is 13.9. The zero-order valence-electron chi connectivity index (χ0n) is 37.9. The predicted molar refractivity (Wildman–Crippen MR) is 232 cm³/mol. The summed E-state index contributed by atoms with van der Waals surface area (Å²) in [6.45, 7) is 21.7. The van der Waals surface area contributed by atoms with Gasteiger partial charge in [0.05, 0.1) is 11.8 Å². The number of Topliss-reactive ketones (excluding diaryl/α,β-unsaturated/α-hetero) is 1. The van der Waals surface area contributed by atoms with Crippen LogP contribution in [0.15, 0.2) is 35.4 Å². The molecular formula is C49H73ClN2O7. The van der Waals surface area contributed by atoms with Crippen molar-refractivity contribution in [3.63, 3.8) is 0 Å². The molecule has 5 aliphatic carbocycles. The minimum Gasteiger partial charge on any atom is -0.481 e. The van der Waals surface area contributed by atoms with Crippen LogP contribution >= 0.6 is 11.6 Å². The summed E-state index contributed by atoms with van der Waals surface area (Å²) in [6, 6.07) is 7.98. The molecule has 59 heavy (non-hydrogen) atoms. The fraction of sp³-hybridized carbons (Fsp3) is 0.755. The summed E-state index contributed by atoms with van der Waals surface area (Å²) in [5.41, 5.74) is 1.67. The first-order valence-electron chi connectivity index (χ1n) is 22.5. The summed E-state index contributed by atoms with van der Waals surface area (Å²) in [6.07, 6.45) is 7.25. The Hall–Kier alpha value is -2.75. The second-order valence-corrected chi connectivity index (χ2v) is 21.9. The van der Waals surface area contributed by atoms with Gasteiger partial charge < -0.3 is 19.5 Å². The monoisotopic (exact) mass is 837 g/mol. The molecule has 0 heterocycles. The summed E-state index contributed by atoms with van der Waals surface area (Å²) >= 11 is 6.46. The van der Waals surface area contributed by atoms with Crippen molar-refractivity contribution in [1.82, 2.24) is 9.80 Å². The zero-order valence-corrected chi connectivity index (χ0v) is 38.7. The van der Waals surface area contributed by atoms with E-state index in [1.165, 1.54) is 12.5 Å². The van der Waals surface area contributed by atoms with E-state index >= 15 is 0 Å². The number of nitrogens with zero attached hydrogens (tertiary/aromatic N) is 2. The lowest BCUT2D eigenvalue weighted by Gasteiger charge is -2.71. The van der Waals surface area contributed by atoms with Gasteiger partial charge in [0, 0.05) is 50.0 Å². The van der Waals surface area contributed by atoms with Crippen molar-refractivity contribution >= 4 is 35.3 Å². The molecule has 0 radical (unpaired) electrons. The van der Waals surface area contributed by atoms with E-state index in [2.05, 4.69) is 71.5 Å². The molecule has 1 aromatic carbocycles. The van der Waals surface area contributed by atoms with Crippen molar-refractivity contribution in [2.45, 2.75) is 145 Å². The van der Waals surface area contributed by atoms with E-state index in [1.54, 1.807) is 13.8 Å². The van der Waals surface area contributed by atoms with Gasteiger partial charge in [-0.15, -0.1) is 0 Å². The van der Waals surface area contributed by atoms with Gasteiger partial charge in [-0.2, -0.15) is 0 Å². The van der Waals surface area contributed by atoms with Crippen LogP contribution in [0.3, 0.4) is 0 Å². The summed E-state index contributed by atoms with van der Waals surface area (Å²) in [7, 11) is 4.15. The molecule has 9 nitrogen and oxygen atoms in total. The van der Waals surface area contributed by atoms with Crippen molar-refractivity contribution in [2.75, 3.05) is 33.7 Å². The van der Waals surface area contributed by atoms with Gasteiger partial charge in [0.2, 0.25) is 0 Å². The van der Waals surface area contributed by atoms with Crippen LogP contribution in [-0.2, 0) is 35.2 Å². The SMILES string of the molecule is CC(=O)OC(CN(CCN(C)C)Cc1cccc(Cl)c1)[C@@]12CC[C@]3(C)[C@H](CC[C@@H]4[C@@]5(C)CC[C@H](OC(=O)CC(C)(C)C(=O)O)[C@H](C)[C@@H]5CC[C@]43C)C1=C(C(C)C)C(=O)C2. The molecule has 1 N–H and O–H groups in total. The van der Waals surface area contributed by atoms with Crippen LogP contribution in [0.4, 0.5) is 0 Å². The van der Waals surface area contributed by atoms with Crippen LogP contribution in [0.5, 0.6) is 0 Å². The smallest absolute Gasteiger partial charge is 0.309 e. The Kier molecular flexibility index (Phi) is 13.1. The predicted octanol–water partition coefficient (Wildman–Crippen LogP) is 9.64. The summed E-state index contributed by atoms with van der Waals surface area (Å²) in [5.74, 6) is -0.194. The molecule has 5 aliphatic rings. The number of carboxylic acids is 1. The first-order chi connectivity index (χ1) is 27.5. The molecule has 0 aliphatic heterocycles. The number of hydrogen-bond donors (Lipinski definition) is 1. The molecule has 1 aromatic rings. The van der Waals surface area contributed by atoms with Gasteiger partial charge in [-0.25, -0.2) is 0 Å². The van der Waals surface area contributed by atoms with E-state index in [4.69, 9.17) is 21.1 Å². The van der Waals surface area contributed by atoms with Gasteiger partial charge >= 0.3 is 17.9 Å². The molecular weight excluding hydrogens is 764 g/mol. The molecule has 0 aromatic heterocycles. The maximum absolute atomic E-state index is 14.5. The second-order valence-electron chi connectivity index (χ2n) is 21.5. The van der Waals surface area contributed by atoms with Crippen molar-refractivity contribution in [3.05, 3.63) is 46.0 Å². The number of likely N-dealkylation sites (N-methyl/N-ethyl adjacent to an activating group) is 1. The number of carbonyl (C=O) groups is 4. The number of aliphatic carboxylic acids is 1. The van der Waals surface area contributed by atoms with Crippen LogP contribution in [0.1, 0.15) is 132 Å². The minimum atomic E-state index is -1.17. The van der Waals surface area contributed by atoms with E-state index in [9.17, 15) is 24.3 Å². The molecule has 1 unspecified atom stereocenters. The third-order valence-corrected chi connectivity index (χ3v) is 17.2. The largest absolute Gasteiger partial charge is 0.481 e. The molecule has 10 atom stereocenters. The number of rotatable bonds is 14. The van der Waals surface area contributed by atoms with E-state index in [0.717, 1.165) is 75.6 Å². The first kappa shape index (κ1) is 45.8. The van der Waals surface area contributed by atoms with E-state index in [-0.39, 0.29) is 58.3 Å². The van der Waals surface area contributed by atoms with E-state index in [1.807, 2.05) is 18.2 Å². The van der Waals surface area contributed by atoms with Crippen LogP contribution in [0.25, 0.3) is 0 Å². The summed E-state index contributed by atoms with van der Waals surface area (Å²) in [4.78, 5) is 57.1. The Bertz CT molecular complexity index is 1820. The standard InChI is InChI=1S/C49H73ClN2O7/c1-30(2)42-37(54)26-49(40(58-32(4)53)29-52(24-23-51(10)11)28-33-13-12-14-34(50)25-33)22-21-47(8)36(43(42)49)15-16-39-46(7)19-18-38(31(3)35(46)17-20-48(39,47)9)59-41(55)27-45(5,6)44(56)57/h12-14,25,30-31,35-36,38-40H,15-24,26-29H2,1-11H3,(H,56,57)/t31-,35+,36-,38+,39-,40?,46+,47-,48-,49+/m1/s1. The number of benzene rings is 1. The Labute approximate surface area is 359 Å². The van der Waals surface area contributed by atoms with Crippen molar-refractivity contribution in [3.8, 4) is 0 Å². The van der Waals surface area contributed by atoms with Gasteiger partial charge in [0.15, 0.2) is 5.78 Å². The Morgan fingerprint density at radius 3 is 2.32 bits per heavy atom. The molecule has 4 saturated carbocycles. The molecule has 328 valence electrons. The van der Waals surface area contributed by atoms with Crippen LogP contribution in [0, 0.1) is 56.7 Å². The molecule has 0 spiro atoms. The zero-order chi connectivity index (χ0) is 43.5. The lowest BCUT2D eigenvalue weighted by Crippen LogP contribution is -2.65. The van der Waals surface area contributed by atoms with Gasteiger partial charge in [-0.1, -0.05) is 65.3 Å². The normalized spacial score (nSPS) is 34.9. The highest BCUT2D eigenvalue weighted by Gasteiger charge is 2.70. The van der Waals surface area contributed by atoms with Crippen LogP contribution < -0.4 is 0 Å². The molecule has 10 heteroatoms. The Morgan fingerprint density at radius 1 is 0.983 bits per heavy atom. The number of halogens is 1. The lowest BCUT2D eigenvalue weighted by molar-refractivity contribution is -0.219. The number of carbonyl (C=O) groups excluding carboxylic acids is 3. The maximum Gasteiger partial charge on any atom is 0.309 e. The highest BCUT2D eigenvalue weighted by Crippen LogP contribution is 2.76. The van der Waals surface area contributed by atoms with Crippen molar-refractivity contribution < 1.29 is 33.8 Å². The van der Waals surface area contributed by atoms with Gasteiger partial charge in [-0.3, -0.25) is 24.1 Å². The first-order valence-corrected chi connectivity index (χ1v) is 22.9. The van der Waals surface area contributed by atoms with Crippen molar-refractivity contribution in [2.24, 2.45) is 56.7 Å².